The topological polar surface area (TPSA) is 58.1 Å². The molecule has 0 spiro atoms. The largest absolute Gasteiger partial charge is 0.337 e. The molecule has 0 saturated carbocycles. The molecule has 1 aromatic heterocycles. The van der Waals surface area contributed by atoms with Crippen LogP contribution >= 0.6 is 0 Å². The van der Waals surface area contributed by atoms with Crippen LogP contribution in [0.2, 0.25) is 0 Å². The van der Waals surface area contributed by atoms with Crippen LogP contribution < -0.4 is 5.32 Å². The van der Waals surface area contributed by atoms with Crippen molar-refractivity contribution in [3.8, 4) is 0 Å². The Bertz CT molecular complexity index is 623. The second-order valence-electron chi connectivity index (χ2n) is 5.11. The van der Waals surface area contributed by atoms with Crippen LogP contribution in [0.4, 0.5) is 0 Å². The lowest BCUT2D eigenvalue weighted by Gasteiger charge is -2.32. The van der Waals surface area contributed by atoms with E-state index in [1.54, 1.807) is 12.4 Å². The Morgan fingerprint density at radius 3 is 3.05 bits per heavy atom. The van der Waals surface area contributed by atoms with Crippen molar-refractivity contribution in [1.82, 2.24) is 20.2 Å². The third-order valence-electron chi connectivity index (χ3n) is 3.85. The first-order chi connectivity index (χ1) is 9.79. The van der Waals surface area contributed by atoms with E-state index in [0.29, 0.717) is 17.1 Å². The van der Waals surface area contributed by atoms with Crippen molar-refractivity contribution in [3.05, 3.63) is 36.2 Å². The van der Waals surface area contributed by atoms with E-state index in [4.69, 9.17) is 0 Å². The minimum Gasteiger partial charge on any atom is -0.337 e. The number of hydrogen-bond donors (Lipinski definition) is 1. The second kappa shape index (κ2) is 5.54. The summed E-state index contributed by atoms with van der Waals surface area (Å²) in [6, 6.07) is 5.96. The molecule has 1 aliphatic rings. The number of amides is 1. The summed E-state index contributed by atoms with van der Waals surface area (Å²) in [7, 11) is 1.95. The fourth-order valence-electron chi connectivity index (χ4n) is 2.73. The molecule has 1 saturated heterocycles. The molecular weight excluding hydrogens is 252 g/mol. The predicted octanol–water partition coefficient (Wildman–Crippen LogP) is 1.45. The summed E-state index contributed by atoms with van der Waals surface area (Å²) >= 11 is 0. The third kappa shape index (κ3) is 2.36. The summed E-state index contributed by atoms with van der Waals surface area (Å²) in [5, 5.41) is 3.26. The van der Waals surface area contributed by atoms with Crippen LogP contribution in [0.3, 0.4) is 0 Å². The van der Waals surface area contributed by atoms with Crippen LogP contribution in [0.5, 0.6) is 0 Å². The monoisotopic (exact) mass is 270 g/mol. The molecule has 1 N–H and O–H groups in total. The molecule has 0 bridgehead atoms. The number of hydrogen-bond acceptors (Lipinski definition) is 4. The minimum atomic E-state index is 0.0519. The smallest absolute Gasteiger partial charge is 0.256 e. The number of nitrogens with zero attached hydrogens (tertiary/aromatic N) is 3. The number of rotatable bonds is 2. The van der Waals surface area contributed by atoms with E-state index in [1.807, 2.05) is 30.1 Å². The van der Waals surface area contributed by atoms with E-state index in [0.717, 1.165) is 31.4 Å². The molecule has 2 aromatic rings. The molecular formula is C15H18N4O. The molecule has 3 rings (SSSR count). The van der Waals surface area contributed by atoms with E-state index in [1.165, 1.54) is 0 Å². The number of piperidine rings is 1. The van der Waals surface area contributed by atoms with Gasteiger partial charge in [-0.2, -0.15) is 0 Å². The number of fused-ring (bicyclic) bond motifs is 1. The van der Waals surface area contributed by atoms with E-state index in [-0.39, 0.29) is 5.91 Å². The van der Waals surface area contributed by atoms with Crippen molar-refractivity contribution in [2.45, 2.75) is 18.9 Å². The summed E-state index contributed by atoms with van der Waals surface area (Å²) < 4.78 is 0. The zero-order valence-electron chi connectivity index (χ0n) is 11.5. The number of benzene rings is 1. The van der Waals surface area contributed by atoms with Gasteiger partial charge in [-0.1, -0.05) is 6.07 Å². The summed E-state index contributed by atoms with van der Waals surface area (Å²) in [4.78, 5) is 23.2. The van der Waals surface area contributed by atoms with Gasteiger partial charge in [0, 0.05) is 31.5 Å². The van der Waals surface area contributed by atoms with Crippen LogP contribution in [-0.2, 0) is 0 Å². The zero-order chi connectivity index (χ0) is 13.9. The van der Waals surface area contributed by atoms with Crippen molar-refractivity contribution >= 4 is 16.9 Å². The normalized spacial score (nSPS) is 19.2. The van der Waals surface area contributed by atoms with Gasteiger partial charge in [-0.15, -0.1) is 0 Å². The van der Waals surface area contributed by atoms with Gasteiger partial charge >= 0.3 is 0 Å². The van der Waals surface area contributed by atoms with Gasteiger partial charge < -0.3 is 10.2 Å². The van der Waals surface area contributed by atoms with Gasteiger partial charge in [0.25, 0.3) is 5.91 Å². The molecule has 104 valence electrons. The first-order valence-corrected chi connectivity index (χ1v) is 6.96. The molecule has 0 radical (unpaired) electrons. The maximum absolute atomic E-state index is 12.7. The first-order valence-electron chi connectivity index (χ1n) is 6.96. The summed E-state index contributed by atoms with van der Waals surface area (Å²) in [5.41, 5.74) is 2.10. The maximum atomic E-state index is 12.7. The molecule has 2 heterocycles. The van der Waals surface area contributed by atoms with Gasteiger partial charge in [0.15, 0.2) is 0 Å². The average Bonchev–Trinajstić information content (AvgIpc) is 2.53. The fourth-order valence-corrected chi connectivity index (χ4v) is 2.73. The highest BCUT2D eigenvalue weighted by molar-refractivity contribution is 6.04. The molecule has 1 amide bonds. The standard InChI is InChI=1S/C15H18N4O/c1-16-11-4-3-9-19(10-11)15(20)12-5-2-6-13-14(12)18-8-7-17-13/h2,5-8,11,16H,3-4,9-10H2,1H3. The van der Waals surface area contributed by atoms with E-state index < -0.39 is 0 Å². The number of carbonyl (C=O) groups excluding carboxylic acids is 1. The van der Waals surface area contributed by atoms with Gasteiger partial charge in [0.05, 0.1) is 11.1 Å². The van der Waals surface area contributed by atoms with Crippen LogP contribution in [0.25, 0.3) is 11.0 Å². The minimum absolute atomic E-state index is 0.0519. The number of likely N-dealkylation sites (tertiary alicyclic amines) is 1. The van der Waals surface area contributed by atoms with E-state index >= 15 is 0 Å². The highest BCUT2D eigenvalue weighted by Gasteiger charge is 2.24. The van der Waals surface area contributed by atoms with E-state index in [2.05, 4.69) is 15.3 Å². The molecule has 1 fully saturated rings. The molecule has 1 atom stereocenters. The first kappa shape index (κ1) is 13.0. The lowest BCUT2D eigenvalue weighted by molar-refractivity contribution is 0.0700. The molecule has 20 heavy (non-hydrogen) atoms. The van der Waals surface area contributed by atoms with Crippen LogP contribution in [0.15, 0.2) is 30.6 Å². The summed E-state index contributed by atoms with van der Waals surface area (Å²) in [6.45, 7) is 1.57. The van der Waals surface area contributed by atoms with Gasteiger partial charge in [0.1, 0.15) is 5.52 Å². The molecule has 5 heteroatoms. The molecule has 1 unspecified atom stereocenters. The SMILES string of the molecule is CNC1CCCN(C(=O)c2cccc3nccnc23)C1. The molecule has 5 nitrogen and oxygen atoms in total. The number of nitrogens with one attached hydrogen (secondary N) is 1. The second-order valence-corrected chi connectivity index (χ2v) is 5.11. The Labute approximate surface area is 118 Å². The quantitative estimate of drug-likeness (QED) is 0.897. The molecule has 0 aliphatic carbocycles. The number of likely N-dealkylation sites (N-methyl/N-ethyl adjacent to an activating group) is 1. The highest BCUT2D eigenvalue weighted by Crippen LogP contribution is 2.18. The Morgan fingerprint density at radius 2 is 2.20 bits per heavy atom. The lowest BCUT2D eigenvalue weighted by atomic mass is 10.0. The van der Waals surface area contributed by atoms with Crippen molar-refractivity contribution < 1.29 is 4.79 Å². The van der Waals surface area contributed by atoms with Crippen molar-refractivity contribution in [3.63, 3.8) is 0 Å². The Hall–Kier alpha value is -2.01. The zero-order valence-corrected chi connectivity index (χ0v) is 11.5. The van der Waals surface area contributed by atoms with E-state index in [9.17, 15) is 4.79 Å². The number of para-hydroxylation sites is 1. The summed E-state index contributed by atoms with van der Waals surface area (Å²) in [5.74, 6) is 0.0519. The van der Waals surface area contributed by atoms with Crippen LogP contribution in [0.1, 0.15) is 23.2 Å². The molecule has 1 aromatic carbocycles. The van der Waals surface area contributed by atoms with Crippen molar-refractivity contribution in [2.75, 3.05) is 20.1 Å². The third-order valence-corrected chi connectivity index (χ3v) is 3.85. The van der Waals surface area contributed by atoms with Crippen LogP contribution in [0, 0.1) is 0 Å². The number of carbonyl (C=O) groups is 1. The van der Waals surface area contributed by atoms with Gasteiger partial charge in [-0.25, -0.2) is 0 Å². The Morgan fingerprint density at radius 1 is 1.35 bits per heavy atom. The fraction of sp³-hybridized carbons (Fsp3) is 0.400. The Balaban J connectivity index is 1.92. The van der Waals surface area contributed by atoms with Crippen molar-refractivity contribution in [1.29, 1.82) is 0 Å². The Kier molecular flexibility index (Phi) is 3.60. The maximum Gasteiger partial charge on any atom is 0.256 e. The predicted molar refractivity (Wildman–Crippen MR) is 77.5 cm³/mol. The van der Waals surface area contributed by atoms with Gasteiger partial charge in [0.2, 0.25) is 0 Å². The van der Waals surface area contributed by atoms with Gasteiger partial charge in [-0.05, 0) is 32.0 Å². The number of aromatic nitrogens is 2. The average molecular weight is 270 g/mol. The summed E-state index contributed by atoms with van der Waals surface area (Å²) in [6.07, 6.45) is 5.43. The molecule has 1 aliphatic heterocycles. The van der Waals surface area contributed by atoms with Crippen LogP contribution in [-0.4, -0.2) is 47.0 Å². The highest BCUT2D eigenvalue weighted by atomic mass is 16.2. The van der Waals surface area contributed by atoms with Crippen molar-refractivity contribution in [2.24, 2.45) is 0 Å². The lowest BCUT2D eigenvalue weighted by Crippen LogP contribution is -2.47. The van der Waals surface area contributed by atoms with Gasteiger partial charge in [-0.3, -0.25) is 14.8 Å².